The summed E-state index contributed by atoms with van der Waals surface area (Å²) in [5.74, 6) is -1.53. The van der Waals surface area contributed by atoms with Gasteiger partial charge >= 0.3 is 5.97 Å². The molecule has 0 spiro atoms. The SMILES string of the molecule is CCS(=O)(=O)CCNC(=O)c1cccc(/C=C/C(=O)O)c1. The van der Waals surface area contributed by atoms with E-state index in [2.05, 4.69) is 5.32 Å². The first-order chi connectivity index (χ1) is 9.84. The second-order valence-electron chi connectivity index (χ2n) is 4.29. The van der Waals surface area contributed by atoms with E-state index in [4.69, 9.17) is 5.11 Å². The van der Waals surface area contributed by atoms with Crippen LogP contribution in [0.25, 0.3) is 6.08 Å². The van der Waals surface area contributed by atoms with Crippen LogP contribution in [0.2, 0.25) is 0 Å². The molecule has 0 unspecified atom stereocenters. The molecule has 7 heteroatoms. The van der Waals surface area contributed by atoms with Crippen molar-refractivity contribution in [1.82, 2.24) is 5.32 Å². The van der Waals surface area contributed by atoms with Crippen molar-refractivity contribution < 1.29 is 23.1 Å². The van der Waals surface area contributed by atoms with Gasteiger partial charge in [-0.3, -0.25) is 4.79 Å². The standard InChI is InChI=1S/C14H17NO5S/c1-2-21(19,20)9-8-15-14(18)12-5-3-4-11(10-12)6-7-13(16)17/h3-7,10H,2,8-9H2,1H3,(H,15,18)(H,16,17)/b7-6+. The lowest BCUT2D eigenvalue weighted by atomic mass is 10.1. The Bertz CT molecular complexity index is 649. The summed E-state index contributed by atoms with van der Waals surface area (Å²) >= 11 is 0. The summed E-state index contributed by atoms with van der Waals surface area (Å²) in [7, 11) is -3.11. The van der Waals surface area contributed by atoms with Gasteiger partial charge in [-0.05, 0) is 23.8 Å². The highest BCUT2D eigenvalue weighted by Crippen LogP contribution is 2.07. The number of sulfone groups is 1. The van der Waals surface area contributed by atoms with Crippen LogP contribution in [-0.2, 0) is 14.6 Å². The summed E-state index contributed by atoms with van der Waals surface area (Å²) in [6.45, 7) is 1.60. The van der Waals surface area contributed by atoms with Crippen molar-refractivity contribution in [3.63, 3.8) is 0 Å². The second kappa shape index (κ2) is 7.58. The Morgan fingerprint density at radius 3 is 2.67 bits per heavy atom. The van der Waals surface area contributed by atoms with Crippen molar-refractivity contribution >= 4 is 27.8 Å². The number of benzene rings is 1. The zero-order valence-corrected chi connectivity index (χ0v) is 12.4. The zero-order valence-electron chi connectivity index (χ0n) is 11.6. The highest BCUT2D eigenvalue weighted by molar-refractivity contribution is 7.91. The second-order valence-corrected chi connectivity index (χ2v) is 6.76. The maximum Gasteiger partial charge on any atom is 0.328 e. The van der Waals surface area contributed by atoms with Crippen LogP contribution >= 0.6 is 0 Å². The number of hydrogen-bond donors (Lipinski definition) is 2. The highest BCUT2D eigenvalue weighted by atomic mass is 32.2. The molecule has 1 aromatic rings. The molecule has 0 saturated heterocycles. The summed E-state index contributed by atoms with van der Waals surface area (Å²) in [4.78, 5) is 22.3. The minimum Gasteiger partial charge on any atom is -0.478 e. The molecule has 2 N–H and O–H groups in total. The van der Waals surface area contributed by atoms with Crippen LogP contribution in [0.4, 0.5) is 0 Å². The van der Waals surface area contributed by atoms with Crippen molar-refractivity contribution in [2.24, 2.45) is 0 Å². The van der Waals surface area contributed by atoms with Gasteiger partial charge in [0.1, 0.15) is 0 Å². The summed E-state index contributed by atoms with van der Waals surface area (Å²) < 4.78 is 22.6. The normalized spacial score (nSPS) is 11.5. The zero-order chi connectivity index (χ0) is 15.9. The molecule has 0 aliphatic rings. The van der Waals surface area contributed by atoms with Crippen LogP contribution in [0.15, 0.2) is 30.3 Å². The molecule has 0 aliphatic heterocycles. The van der Waals surface area contributed by atoms with Crippen LogP contribution < -0.4 is 5.32 Å². The monoisotopic (exact) mass is 311 g/mol. The Balaban J connectivity index is 2.66. The fraction of sp³-hybridized carbons (Fsp3) is 0.286. The van der Waals surface area contributed by atoms with Gasteiger partial charge in [-0.25, -0.2) is 13.2 Å². The Kier molecular flexibility index (Phi) is 6.10. The minimum absolute atomic E-state index is 0.0400. The molecule has 0 aromatic heterocycles. The van der Waals surface area contributed by atoms with Gasteiger partial charge in [0, 0.05) is 23.9 Å². The molecule has 0 radical (unpaired) electrons. The Morgan fingerprint density at radius 2 is 2.05 bits per heavy atom. The molecular formula is C14H17NO5S. The number of nitrogens with one attached hydrogen (secondary N) is 1. The number of carbonyl (C=O) groups is 2. The minimum atomic E-state index is -3.11. The lowest BCUT2D eigenvalue weighted by Gasteiger charge is -2.06. The smallest absolute Gasteiger partial charge is 0.328 e. The molecule has 0 bridgehead atoms. The number of rotatable bonds is 7. The first-order valence-corrected chi connectivity index (χ1v) is 8.16. The lowest BCUT2D eigenvalue weighted by Crippen LogP contribution is -2.29. The summed E-state index contributed by atoms with van der Waals surface area (Å²) in [5.41, 5.74) is 0.919. The number of carboxylic acids is 1. The Labute approximate surface area is 123 Å². The van der Waals surface area contributed by atoms with E-state index in [0.29, 0.717) is 11.1 Å². The first-order valence-electron chi connectivity index (χ1n) is 6.34. The number of hydrogen-bond acceptors (Lipinski definition) is 4. The van der Waals surface area contributed by atoms with E-state index in [9.17, 15) is 18.0 Å². The number of aliphatic carboxylic acids is 1. The average molecular weight is 311 g/mol. The number of carbonyl (C=O) groups excluding carboxylic acids is 1. The van der Waals surface area contributed by atoms with Crippen molar-refractivity contribution in [1.29, 1.82) is 0 Å². The molecule has 1 amide bonds. The Morgan fingerprint density at radius 1 is 1.33 bits per heavy atom. The van der Waals surface area contributed by atoms with Crippen molar-refractivity contribution in [2.45, 2.75) is 6.92 Å². The van der Waals surface area contributed by atoms with Crippen LogP contribution in [0.3, 0.4) is 0 Å². The molecule has 0 fully saturated rings. The fourth-order valence-corrected chi connectivity index (χ4v) is 2.22. The molecule has 0 aliphatic carbocycles. The molecule has 114 valence electrons. The van der Waals surface area contributed by atoms with Crippen molar-refractivity contribution in [3.8, 4) is 0 Å². The topological polar surface area (TPSA) is 101 Å². The summed E-state index contributed by atoms with van der Waals surface area (Å²) in [6.07, 6.45) is 2.35. The van der Waals surface area contributed by atoms with Gasteiger partial charge in [-0.1, -0.05) is 19.1 Å². The van der Waals surface area contributed by atoms with Gasteiger partial charge in [0.15, 0.2) is 9.84 Å². The highest BCUT2D eigenvalue weighted by Gasteiger charge is 2.09. The van der Waals surface area contributed by atoms with Gasteiger partial charge < -0.3 is 10.4 Å². The van der Waals surface area contributed by atoms with E-state index >= 15 is 0 Å². The van der Waals surface area contributed by atoms with Crippen molar-refractivity contribution in [2.75, 3.05) is 18.1 Å². The molecule has 0 saturated carbocycles. The number of carboxylic acid groups (broad SMARTS) is 1. The van der Waals surface area contributed by atoms with E-state index in [-0.39, 0.29) is 18.1 Å². The largest absolute Gasteiger partial charge is 0.478 e. The van der Waals surface area contributed by atoms with Gasteiger partial charge in [-0.15, -0.1) is 0 Å². The van der Waals surface area contributed by atoms with Gasteiger partial charge in [-0.2, -0.15) is 0 Å². The maximum absolute atomic E-state index is 11.9. The predicted octanol–water partition coefficient (Wildman–Crippen LogP) is 0.949. The third-order valence-corrected chi connectivity index (χ3v) is 4.41. The number of amides is 1. The van der Waals surface area contributed by atoms with Crippen LogP contribution in [0.1, 0.15) is 22.8 Å². The van der Waals surface area contributed by atoms with E-state index in [1.54, 1.807) is 25.1 Å². The lowest BCUT2D eigenvalue weighted by molar-refractivity contribution is -0.131. The molecule has 6 nitrogen and oxygen atoms in total. The Hall–Kier alpha value is -2.15. The molecule has 0 atom stereocenters. The third kappa shape index (κ3) is 6.22. The molecule has 1 rings (SSSR count). The summed E-state index contributed by atoms with van der Waals surface area (Å²) in [5, 5.41) is 11.1. The van der Waals surface area contributed by atoms with Gasteiger partial charge in [0.05, 0.1) is 5.75 Å². The maximum atomic E-state index is 11.9. The third-order valence-electron chi connectivity index (χ3n) is 2.71. The van der Waals surface area contributed by atoms with Crippen LogP contribution in [0.5, 0.6) is 0 Å². The predicted molar refractivity (Wildman–Crippen MR) is 79.8 cm³/mol. The average Bonchev–Trinajstić information content (AvgIpc) is 2.45. The van der Waals surface area contributed by atoms with Gasteiger partial charge in [0.25, 0.3) is 5.91 Å². The van der Waals surface area contributed by atoms with Crippen LogP contribution in [-0.4, -0.2) is 43.5 Å². The van der Waals surface area contributed by atoms with Crippen LogP contribution in [0, 0.1) is 0 Å². The van der Waals surface area contributed by atoms with E-state index in [1.807, 2.05) is 0 Å². The van der Waals surface area contributed by atoms with E-state index < -0.39 is 21.7 Å². The first kappa shape index (κ1) is 16.9. The quantitative estimate of drug-likeness (QED) is 0.730. The fourth-order valence-electron chi connectivity index (χ4n) is 1.52. The molecule has 0 heterocycles. The van der Waals surface area contributed by atoms with Crippen molar-refractivity contribution in [3.05, 3.63) is 41.5 Å². The van der Waals surface area contributed by atoms with E-state index in [1.165, 1.54) is 12.1 Å². The molecular weight excluding hydrogens is 294 g/mol. The van der Waals surface area contributed by atoms with Gasteiger partial charge in [0.2, 0.25) is 0 Å². The summed E-state index contributed by atoms with van der Waals surface area (Å²) in [6, 6.07) is 6.39. The molecule has 1 aromatic carbocycles. The van der Waals surface area contributed by atoms with E-state index in [0.717, 1.165) is 6.08 Å². The molecule has 21 heavy (non-hydrogen) atoms.